The highest BCUT2D eigenvalue weighted by atomic mass is 127. The summed E-state index contributed by atoms with van der Waals surface area (Å²) in [6.45, 7) is 0. The van der Waals surface area contributed by atoms with Crippen molar-refractivity contribution in [2.45, 2.75) is 56.9 Å². The molecule has 5 aliphatic rings. The summed E-state index contributed by atoms with van der Waals surface area (Å²) in [5, 5.41) is 3.90. The number of nitrogens with one attached hydrogen (secondary N) is 1. The maximum atomic E-state index is 5.26. The first kappa shape index (κ1) is 19.7. The van der Waals surface area contributed by atoms with Crippen LogP contribution >= 0.6 is 20.7 Å². The second-order valence-corrected chi connectivity index (χ2v) is 13.2. The molecule has 0 amide bonds. The van der Waals surface area contributed by atoms with Crippen LogP contribution in [0.25, 0.3) is 22.9 Å². The van der Waals surface area contributed by atoms with Crippen LogP contribution in [-0.2, 0) is 12.8 Å². The van der Waals surface area contributed by atoms with Gasteiger partial charge in [-0.15, -0.1) is 0 Å². The Morgan fingerprint density at radius 1 is 1.00 bits per heavy atom. The van der Waals surface area contributed by atoms with E-state index in [9.17, 15) is 0 Å². The number of halogens is 1. The van der Waals surface area contributed by atoms with Gasteiger partial charge in [0.05, 0.1) is 28.8 Å². The minimum absolute atomic E-state index is 0.0358. The lowest BCUT2D eigenvalue weighted by Gasteiger charge is -2.32. The monoisotopic (exact) mass is 555 g/mol. The zero-order chi connectivity index (χ0) is 22.2. The molecule has 1 fully saturated rings. The molecule has 2 aromatic carbocycles. The number of benzene rings is 2. The van der Waals surface area contributed by atoms with E-state index < -0.39 is 0 Å². The first-order valence-electron chi connectivity index (χ1n) is 12.6. The summed E-state index contributed by atoms with van der Waals surface area (Å²) in [5.74, 6) is 0.363. The van der Waals surface area contributed by atoms with E-state index in [2.05, 4.69) is 59.9 Å². The number of aromatic nitrogens is 2. The zero-order valence-electron chi connectivity index (χ0n) is 19.1. The largest absolute Gasteiger partial charge is 0.377 e. The van der Waals surface area contributed by atoms with Gasteiger partial charge in [-0.2, -0.15) is 0 Å². The van der Waals surface area contributed by atoms with E-state index in [0.717, 1.165) is 42.0 Å². The molecule has 1 saturated carbocycles. The zero-order valence-corrected chi connectivity index (χ0v) is 21.2. The quantitative estimate of drug-likeness (QED) is 0.261. The lowest BCUT2D eigenvalue weighted by Crippen LogP contribution is -2.33. The minimum atomic E-state index is 0.0358. The van der Waals surface area contributed by atoms with Crippen LogP contribution in [0, 0.1) is 3.57 Å². The third-order valence-electron chi connectivity index (χ3n) is 8.10. The van der Waals surface area contributed by atoms with Crippen molar-refractivity contribution < 1.29 is 0 Å². The molecule has 0 radical (unpaired) electrons. The number of aryl methyl sites for hydroxylation is 1. The number of hydrogen-bond donors (Lipinski definition) is 1. The maximum absolute atomic E-state index is 5.26. The summed E-state index contributed by atoms with van der Waals surface area (Å²) in [7, 11) is 0. The van der Waals surface area contributed by atoms with Crippen molar-refractivity contribution in [2.24, 2.45) is 0 Å². The van der Waals surface area contributed by atoms with E-state index in [0.29, 0.717) is 12.0 Å². The summed E-state index contributed by atoms with van der Waals surface area (Å²) in [5.41, 5.74) is 12.6. The van der Waals surface area contributed by atoms with Gasteiger partial charge in [0.1, 0.15) is 0 Å². The van der Waals surface area contributed by atoms with Crippen LogP contribution in [0.4, 0.5) is 5.69 Å². The van der Waals surface area contributed by atoms with E-state index in [4.69, 9.17) is 9.97 Å². The Morgan fingerprint density at radius 2 is 2.00 bits per heavy atom. The van der Waals surface area contributed by atoms with E-state index in [-0.39, 0.29) is 20.7 Å². The van der Waals surface area contributed by atoms with Crippen molar-refractivity contribution in [1.82, 2.24) is 9.97 Å². The van der Waals surface area contributed by atoms with Crippen LogP contribution in [0.5, 0.6) is 0 Å². The molecule has 4 heteroatoms. The molecule has 34 heavy (non-hydrogen) atoms. The van der Waals surface area contributed by atoms with Crippen LogP contribution in [0.3, 0.4) is 0 Å². The van der Waals surface area contributed by atoms with Crippen molar-refractivity contribution in [3.63, 3.8) is 0 Å². The van der Waals surface area contributed by atoms with Crippen molar-refractivity contribution in [1.29, 1.82) is 0 Å². The predicted octanol–water partition coefficient (Wildman–Crippen LogP) is 6.87. The smallest absolute Gasteiger partial charge is 0.0979 e. The van der Waals surface area contributed by atoms with Crippen LogP contribution in [-0.4, -0.2) is 19.5 Å². The lowest BCUT2D eigenvalue weighted by atomic mass is 9.88. The molecule has 2 unspecified atom stereocenters. The number of anilines is 1. The summed E-state index contributed by atoms with van der Waals surface area (Å²) in [6, 6.07) is 14.5. The Kier molecular flexibility index (Phi) is 4.31. The Bertz CT molecular complexity index is 1480. The fraction of sp³-hybridized carbons (Fsp3) is 0.300. The molecule has 1 N–H and O–H groups in total. The molecule has 2 heterocycles. The van der Waals surface area contributed by atoms with Gasteiger partial charge in [-0.3, -0.25) is 0 Å². The molecule has 0 spiro atoms. The van der Waals surface area contributed by atoms with Crippen molar-refractivity contribution in [3.8, 4) is 11.3 Å². The van der Waals surface area contributed by atoms with Crippen LogP contribution in [0.1, 0.15) is 71.8 Å². The molecule has 1 aliphatic heterocycles. The Balaban J connectivity index is 1.15. The third kappa shape index (κ3) is 2.90. The molecule has 3 nitrogen and oxygen atoms in total. The van der Waals surface area contributed by atoms with Gasteiger partial charge in [0, 0.05) is 32.7 Å². The molecule has 0 bridgehead atoms. The third-order valence-corrected chi connectivity index (χ3v) is 11.6. The SMILES string of the molecule is C1=CC(c2ccc3c(c2)NC2CCCCC2=I3)Cc2nc3c(nc21)-c1cccc2c1C3=CCC2. The van der Waals surface area contributed by atoms with E-state index in [1.807, 2.05) is 3.51 Å². The van der Waals surface area contributed by atoms with Gasteiger partial charge in [0.15, 0.2) is 0 Å². The molecule has 3 aromatic rings. The summed E-state index contributed by atoms with van der Waals surface area (Å²) in [4.78, 5) is 10.4. The molecule has 2 atom stereocenters. The number of nitrogens with zero attached hydrogens (tertiary/aromatic N) is 2. The highest BCUT2D eigenvalue weighted by Gasteiger charge is 2.32. The molecule has 8 rings (SSSR count). The molecule has 1 aromatic heterocycles. The maximum Gasteiger partial charge on any atom is 0.0979 e. The predicted molar refractivity (Wildman–Crippen MR) is 148 cm³/mol. The van der Waals surface area contributed by atoms with Crippen molar-refractivity contribution in [3.05, 3.63) is 85.9 Å². The van der Waals surface area contributed by atoms with E-state index in [1.54, 1.807) is 3.57 Å². The van der Waals surface area contributed by atoms with Gasteiger partial charge in [-0.25, -0.2) is 9.97 Å². The Labute approximate surface area is 210 Å². The van der Waals surface area contributed by atoms with Gasteiger partial charge in [0.2, 0.25) is 0 Å². The molecular formula is C30H26IN3. The van der Waals surface area contributed by atoms with Gasteiger partial charge in [0.25, 0.3) is 0 Å². The Hall–Kier alpha value is -2.60. The highest BCUT2D eigenvalue weighted by Crippen LogP contribution is 2.47. The second kappa shape index (κ2) is 7.45. The van der Waals surface area contributed by atoms with E-state index in [1.165, 1.54) is 59.2 Å². The van der Waals surface area contributed by atoms with Gasteiger partial charge in [-0.1, -0.05) is 63.6 Å². The van der Waals surface area contributed by atoms with Crippen LogP contribution in [0.15, 0.2) is 48.6 Å². The average molecular weight is 555 g/mol. The minimum Gasteiger partial charge on any atom is -0.377 e. The molecule has 0 saturated heterocycles. The van der Waals surface area contributed by atoms with Gasteiger partial charge in [-0.05, 0) is 70.5 Å². The molecular weight excluding hydrogens is 529 g/mol. The Morgan fingerprint density at radius 3 is 3.00 bits per heavy atom. The highest BCUT2D eigenvalue weighted by molar-refractivity contribution is 14.2. The normalized spacial score (nSPS) is 23.2. The molecule has 4 aliphatic carbocycles. The number of allylic oxidation sites excluding steroid dienone is 2. The number of hydrogen-bond acceptors (Lipinski definition) is 3. The number of fused-ring (bicyclic) bond motifs is 6. The fourth-order valence-electron chi connectivity index (χ4n) is 6.39. The average Bonchev–Trinajstić information content (AvgIpc) is 3.20. The standard InChI is InChI=1S/C30H26IN3/c1-2-10-24-22(9-1)31-23-13-11-18(15-26(23)32-24)19-12-14-25-27(16-19)34-30-21-8-4-6-17-5-3-7-20(28(17)21)29(30)33-25/h3,5,7-8,11-15,19,24,32H,1-2,4,6,9-10,16H2. The first-order chi connectivity index (χ1) is 16.8. The summed E-state index contributed by atoms with van der Waals surface area (Å²) < 4.78 is 3.40. The molecule has 168 valence electrons. The van der Waals surface area contributed by atoms with Crippen LogP contribution < -0.4 is 5.32 Å². The van der Waals surface area contributed by atoms with Gasteiger partial charge >= 0.3 is 0 Å². The lowest BCUT2D eigenvalue weighted by molar-refractivity contribution is 0.636. The van der Waals surface area contributed by atoms with Crippen LogP contribution in [0.2, 0.25) is 0 Å². The van der Waals surface area contributed by atoms with Crippen molar-refractivity contribution in [2.75, 3.05) is 5.32 Å². The van der Waals surface area contributed by atoms with E-state index >= 15 is 0 Å². The summed E-state index contributed by atoms with van der Waals surface area (Å²) >= 11 is 0.0358. The number of rotatable bonds is 1. The summed E-state index contributed by atoms with van der Waals surface area (Å²) in [6.07, 6.45) is 15.5. The fourth-order valence-corrected chi connectivity index (χ4v) is 9.59. The second-order valence-electron chi connectivity index (χ2n) is 10.1. The van der Waals surface area contributed by atoms with Crippen molar-refractivity contribution >= 4 is 41.6 Å². The van der Waals surface area contributed by atoms with Gasteiger partial charge < -0.3 is 5.32 Å². The topological polar surface area (TPSA) is 37.8 Å². The first-order valence-corrected chi connectivity index (χ1v) is 14.8.